The van der Waals surface area contributed by atoms with Crippen LogP contribution in [0.2, 0.25) is 5.02 Å². The highest BCUT2D eigenvalue weighted by atomic mass is 35.5. The average Bonchev–Trinajstić information content (AvgIpc) is 2.84. The van der Waals surface area contributed by atoms with Crippen molar-refractivity contribution in [2.75, 3.05) is 41.3 Å². The highest BCUT2D eigenvalue weighted by molar-refractivity contribution is 6.30. The molecule has 0 radical (unpaired) electrons. The van der Waals surface area contributed by atoms with Crippen LogP contribution in [0.25, 0.3) is 0 Å². The van der Waals surface area contributed by atoms with Crippen molar-refractivity contribution in [2.24, 2.45) is 0 Å². The van der Waals surface area contributed by atoms with Gasteiger partial charge < -0.3 is 15.1 Å². The number of benzene rings is 3. The normalized spacial score (nSPS) is 13.8. The maximum atomic E-state index is 12.8. The van der Waals surface area contributed by atoms with Crippen LogP contribution in [0.4, 0.5) is 22.7 Å². The fourth-order valence-corrected chi connectivity index (χ4v) is 4.30. The van der Waals surface area contributed by atoms with Gasteiger partial charge in [-0.3, -0.25) is 14.9 Å². The van der Waals surface area contributed by atoms with E-state index < -0.39 is 4.92 Å². The first-order chi connectivity index (χ1) is 16.3. The molecule has 4 rings (SSSR count). The molecule has 0 atom stereocenters. The molecule has 3 aromatic rings. The van der Waals surface area contributed by atoms with E-state index in [1.165, 1.54) is 11.6 Å². The minimum absolute atomic E-state index is 0.0704. The Morgan fingerprint density at radius 1 is 0.971 bits per heavy atom. The van der Waals surface area contributed by atoms with Gasteiger partial charge in [-0.2, -0.15) is 0 Å². The zero-order valence-corrected chi connectivity index (χ0v) is 20.0. The SMILES string of the molecule is CC(C)c1ccc(NC(=O)c2ccc(N3CCN(c4cccc(Cl)c4)CC3)c([N+](=O)[O-])c2)cc1. The number of rotatable bonds is 6. The summed E-state index contributed by atoms with van der Waals surface area (Å²) >= 11 is 6.11. The molecule has 176 valence electrons. The molecular weight excluding hydrogens is 452 g/mol. The van der Waals surface area contributed by atoms with Crippen LogP contribution < -0.4 is 15.1 Å². The summed E-state index contributed by atoms with van der Waals surface area (Å²) in [4.78, 5) is 28.4. The zero-order valence-electron chi connectivity index (χ0n) is 19.2. The lowest BCUT2D eigenvalue weighted by Crippen LogP contribution is -2.46. The second kappa shape index (κ2) is 10.1. The molecule has 3 aromatic carbocycles. The minimum atomic E-state index is -0.424. The number of piperazine rings is 1. The summed E-state index contributed by atoms with van der Waals surface area (Å²) in [5.74, 6) is 0.0185. The van der Waals surface area contributed by atoms with Gasteiger partial charge in [-0.25, -0.2) is 0 Å². The van der Waals surface area contributed by atoms with Gasteiger partial charge in [-0.15, -0.1) is 0 Å². The Bertz CT molecular complexity index is 1190. The number of nitrogens with one attached hydrogen (secondary N) is 1. The van der Waals surface area contributed by atoms with Crippen LogP contribution >= 0.6 is 11.6 Å². The molecule has 1 aliphatic rings. The molecule has 1 fully saturated rings. The van der Waals surface area contributed by atoms with E-state index in [-0.39, 0.29) is 17.2 Å². The van der Waals surface area contributed by atoms with Gasteiger partial charge in [-0.1, -0.05) is 43.6 Å². The van der Waals surface area contributed by atoms with Gasteiger partial charge in [0, 0.05) is 54.2 Å². The van der Waals surface area contributed by atoms with Crippen molar-refractivity contribution < 1.29 is 9.72 Å². The van der Waals surface area contributed by atoms with E-state index in [4.69, 9.17) is 11.6 Å². The first kappa shape index (κ1) is 23.6. The Balaban J connectivity index is 1.47. The lowest BCUT2D eigenvalue weighted by Gasteiger charge is -2.37. The Morgan fingerprint density at radius 2 is 1.65 bits per heavy atom. The Kier molecular flexibility index (Phi) is 7.03. The number of amides is 1. The number of carbonyl (C=O) groups is 1. The van der Waals surface area contributed by atoms with Gasteiger partial charge in [0.25, 0.3) is 11.6 Å². The van der Waals surface area contributed by atoms with E-state index in [9.17, 15) is 14.9 Å². The smallest absolute Gasteiger partial charge is 0.293 e. The molecule has 0 spiro atoms. The van der Waals surface area contributed by atoms with Crippen molar-refractivity contribution in [3.63, 3.8) is 0 Å². The van der Waals surface area contributed by atoms with Gasteiger partial charge in [-0.05, 0) is 53.9 Å². The van der Waals surface area contributed by atoms with Crippen LogP contribution in [-0.2, 0) is 0 Å². The molecule has 1 saturated heterocycles. The van der Waals surface area contributed by atoms with E-state index in [0.29, 0.717) is 48.5 Å². The number of hydrogen-bond acceptors (Lipinski definition) is 5. The summed E-state index contributed by atoms with van der Waals surface area (Å²) in [6.45, 7) is 6.89. The molecule has 0 saturated carbocycles. The lowest BCUT2D eigenvalue weighted by molar-refractivity contribution is -0.384. The zero-order chi connectivity index (χ0) is 24.2. The number of nitro benzene ring substituents is 1. The van der Waals surface area contributed by atoms with Gasteiger partial charge >= 0.3 is 0 Å². The lowest BCUT2D eigenvalue weighted by atomic mass is 10.0. The second-order valence-corrected chi connectivity index (χ2v) is 9.08. The third kappa shape index (κ3) is 5.31. The van der Waals surface area contributed by atoms with Gasteiger partial charge in [0.2, 0.25) is 0 Å². The van der Waals surface area contributed by atoms with Crippen LogP contribution in [0.1, 0.15) is 35.7 Å². The molecule has 1 N–H and O–H groups in total. The first-order valence-corrected chi connectivity index (χ1v) is 11.6. The molecule has 0 unspecified atom stereocenters. The fourth-order valence-electron chi connectivity index (χ4n) is 4.11. The summed E-state index contributed by atoms with van der Waals surface area (Å²) in [7, 11) is 0. The summed E-state index contributed by atoms with van der Waals surface area (Å²) in [6, 6.07) is 20.0. The third-order valence-electron chi connectivity index (χ3n) is 6.06. The van der Waals surface area contributed by atoms with Crippen LogP contribution in [0, 0.1) is 10.1 Å². The van der Waals surface area contributed by atoms with Crippen LogP contribution in [0.15, 0.2) is 66.7 Å². The topological polar surface area (TPSA) is 78.7 Å². The predicted molar refractivity (Wildman–Crippen MR) is 137 cm³/mol. The predicted octanol–water partition coefficient (Wildman–Crippen LogP) is 5.95. The van der Waals surface area contributed by atoms with Crippen molar-refractivity contribution >= 4 is 40.3 Å². The molecule has 0 bridgehead atoms. The number of nitrogens with zero attached hydrogens (tertiary/aromatic N) is 3. The number of halogens is 1. The van der Waals surface area contributed by atoms with E-state index in [0.717, 1.165) is 5.69 Å². The Labute approximate surface area is 204 Å². The number of hydrogen-bond donors (Lipinski definition) is 1. The standard InChI is InChI=1S/C26H27ClN4O3/c1-18(2)19-6-9-22(10-7-19)28-26(32)20-8-11-24(25(16-20)31(33)34)30-14-12-29(13-15-30)23-5-3-4-21(27)17-23/h3-11,16-18H,12-15H2,1-2H3,(H,28,32). The molecule has 0 aromatic heterocycles. The van der Waals surface area contributed by atoms with Gasteiger partial charge in [0.15, 0.2) is 0 Å². The second-order valence-electron chi connectivity index (χ2n) is 8.65. The molecule has 34 heavy (non-hydrogen) atoms. The number of carbonyl (C=O) groups excluding carboxylic acids is 1. The van der Waals surface area contributed by atoms with Crippen molar-refractivity contribution in [2.45, 2.75) is 19.8 Å². The molecular formula is C26H27ClN4O3. The first-order valence-electron chi connectivity index (χ1n) is 11.3. The Morgan fingerprint density at radius 3 is 2.26 bits per heavy atom. The number of nitro groups is 1. The van der Waals surface area contributed by atoms with E-state index in [2.05, 4.69) is 24.1 Å². The largest absolute Gasteiger partial charge is 0.368 e. The van der Waals surface area contributed by atoms with Crippen molar-refractivity contribution in [3.05, 3.63) is 93.0 Å². The average molecular weight is 479 g/mol. The highest BCUT2D eigenvalue weighted by Gasteiger charge is 2.25. The van der Waals surface area contributed by atoms with Gasteiger partial charge in [0.1, 0.15) is 5.69 Å². The van der Waals surface area contributed by atoms with Crippen molar-refractivity contribution in [1.29, 1.82) is 0 Å². The summed E-state index contributed by atoms with van der Waals surface area (Å²) in [6.07, 6.45) is 0. The van der Waals surface area contributed by atoms with Crippen LogP contribution in [0.3, 0.4) is 0 Å². The molecule has 1 heterocycles. The Hall–Kier alpha value is -3.58. The van der Waals surface area contributed by atoms with Crippen LogP contribution in [0.5, 0.6) is 0 Å². The summed E-state index contributed by atoms with van der Waals surface area (Å²) < 4.78 is 0. The minimum Gasteiger partial charge on any atom is -0.368 e. The summed E-state index contributed by atoms with van der Waals surface area (Å²) in [5, 5.41) is 15.4. The van der Waals surface area contributed by atoms with E-state index in [1.807, 2.05) is 53.4 Å². The monoisotopic (exact) mass is 478 g/mol. The molecule has 0 aliphatic carbocycles. The quantitative estimate of drug-likeness (QED) is 0.350. The van der Waals surface area contributed by atoms with E-state index in [1.54, 1.807) is 12.1 Å². The van der Waals surface area contributed by atoms with E-state index >= 15 is 0 Å². The maximum Gasteiger partial charge on any atom is 0.293 e. The van der Waals surface area contributed by atoms with Crippen LogP contribution in [-0.4, -0.2) is 37.0 Å². The summed E-state index contributed by atoms with van der Waals surface area (Å²) in [5.41, 5.74) is 3.57. The third-order valence-corrected chi connectivity index (χ3v) is 6.30. The maximum absolute atomic E-state index is 12.8. The molecule has 8 heteroatoms. The van der Waals surface area contributed by atoms with Gasteiger partial charge in [0.05, 0.1) is 4.92 Å². The van der Waals surface area contributed by atoms with Crippen molar-refractivity contribution in [3.8, 4) is 0 Å². The molecule has 7 nitrogen and oxygen atoms in total. The number of anilines is 3. The van der Waals surface area contributed by atoms with Crippen molar-refractivity contribution in [1.82, 2.24) is 0 Å². The molecule has 1 aliphatic heterocycles. The highest BCUT2D eigenvalue weighted by Crippen LogP contribution is 2.31. The molecule has 1 amide bonds. The fraction of sp³-hybridized carbons (Fsp3) is 0.269.